The minimum atomic E-state index is -3.30. The smallest absolute Gasteiger partial charge is 0.276 e. The van der Waals surface area contributed by atoms with Gasteiger partial charge in [0.2, 0.25) is 0 Å². The number of nitrogens with two attached hydrogens (primary N) is 1. The van der Waals surface area contributed by atoms with Crippen LogP contribution in [0.1, 0.15) is 10.5 Å². The maximum Gasteiger partial charge on any atom is 0.276 e. The molecule has 0 unspecified atom stereocenters. The molecule has 1 heterocycles. The maximum atomic E-state index is 12.0. The molecule has 7 nitrogen and oxygen atoms in total. The van der Waals surface area contributed by atoms with Crippen molar-refractivity contribution in [2.45, 2.75) is 4.90 Å². The molecule has 4 N–H and O–H groups in total. The maximum absolute atomic E-state index is 12.0. The highest BCUT2D eigenvalue weighted by molar-refractivity contribution is 7.90. The van der Waals surface area contributed by atoms with Crippen molar-refractivity contribution in [3.05, 3.63) is 30.0 Å². The Labute approximate surface area is 115 Å². The molecule has 1 amide bonds. The molecule has 0 aliphatic rings. The number of rotatable bonds is 2. The van der Waals surface area contributed by atoms with Crippen molar-refractivity contribution in [2.24, 2.45) is 5.73 Å². The number of H-pyrrole nitrogens is 1. The number of guanidine groups is 1. The van der Waals surface area contributed by atoms with E-state index in [9.17, 15) is 13.2 Å². The monoisotopic (exact) mass is 294 g/mol. The first-order chi connectivity index (χ1) is 9.20. The van der Waals surface area contributed by atoms with E-state index in [0.29, 0.717) is 10.9 Å². The molecule has 0 aliphatic heterocycles. The van der Waals surface area contributed by atoms with Gasteiger partial charge in [-0.1, -0.05) is 6.07 Å². The predicted molar refractivity (Wildman–Crippen MR) is 75.4 cm³/mol. The van der Waals surface area contributed by atoms with Gasteiger partial charge in [0, 0.05) is 24.2 Å². The molecular formula is C12H14N4O3S. The van der Waals surface area contributed by atoms with Gasteiger partial charge >= 0.3 is 0 Å². The van der Waals surface area contributed by atoms with Crippen LogP contribution in [0.5, 0.6) is 0 Å². The van der Waals surface area contributed by atoms with Crippen molar-refractivity contribution in [1.29, 1.82) is 5.41 Å². The number of carbonyl (C=O) groups is 1. The largest absolute Gasteiger partial charge is 0.370 e. The number of benzene rings is 1. The first kappa shape index (κ1) is 14.1. The van der Waals surface area contributed by atoms with Crippen molar-refractivity contribution < 1.29 is 13.2 Å². The van der Waals surface area contributed by atoms with Crippen molar-refractivity contribution in [1.82, 2.24) is 9.88 Å². The average molecular weight is 294 g/mol. The van der Waals surface area contributed by atoms with Gasteiger partial charge in [0.1, 0.15) is 5.69 Å². The van der Waals surface area contributed by atoms with Gasteiger partial charge in [0.05, 0.1) is 4.90 Å². The lowest BCUT2D eigenvalue weighted by Crippen LogP contribution is -2.38. The summed E-state index contributed by atoms with van der Waals surface area (Å²) in [6.07, 6.45) is 1.12. The SMILES string of the molecule is CN(C(=N)N)C(=O)c1cc2ccc(S(C)(=O)=O)cc2[nH]1. The van der Waals surface area contributed by atoms with Crippen LogP contribution in [0.4, 0.5) is 0 Å². The van der Waals surface area contributed by atoms with Gasteiger partial charge in [-0.25, -0.2) is 8.42 Å². The predicted octanol–water partition coefficient (Wildman–Crippen LogP) is 0.537. The molecule has 1 aromatic carbocycles. The molecule has 2 rings (SSSR count). The molecular weight excluding hydrogens is 280 g/mol. The van der Waals surface area contributed by atoms with E-state index in [-0.39, 0.29) is 16.5 Å². The molecule has 0 bridgehead atoms. The second-order valence-electron chi connectivity index (χ2n) is 4.45. The Hall–Kier alpha value is -2.35. The van der Waals surface area contributed by atoms with E-state index in [1.807, 2.05) is 0 Å². The second kappa shape index (κ2) is 4.64. The first-order valence-corrected chi connectivity index (χ1v) is 7.54. The van der Waals surface area contributed by atoms with Gasteiger partial charge in [-0.15, -0.1) is 0 Å². The molecule has 0 fully saturated rings. The summed E-state index contributed by atoms with van der Waals surface area (Å²) >= 11 is 0. The van der Waals surface area contributed by atoms with Gasteiger partial charge in [-0.2, -0.15) is 0 Å². The summed E-state index contributed by atoms with van der Waals surface area (Å²) in [5, 5.41) is 7.93. The lowest BCUT2D eigenvalue weighted by Gasteiger charge is -2.12. The Balaban J connectivity index is 2.50. The Morgan fingerprint density at radius 1 is 1.35 bits per heavy atom. The Morgan fingerprint density at radius 2 is 2.00 bits per heavy atom. The number of sulfone groups is 1. The standard InChI is InChI=1S/C12H14N4O3S/c1-16(12(13)14)11(17)10-5-7-3-4-8(20(2,18)19)6-9(7)15-10/h3-6,15H,1-2H3,(H3,13,14). The molecule has 0 radical (unpaired) electrons. The summed E-state index contributed by atoms with van der Waals surface area (Å²) in [5.74, 6) is -0.833. The highest BCUT2D eigenvalue weighted by Crippen LogP contribution is 2.20. The van der Waals surface area contributed by atoms with E-state index in [0.717, 1.165) is 11.2 Å². The minimum Gasteiger partial charge on any atom is -0.370 e. The number of aromatic nitrogens is 1. The quantitative estimate of drug-likeness (QED) is 0.553. The molecule has 106 valence electrons. The van der Waals surface area contributed by atoms with Crippen LogP contribution in [0.2, 0.25) is 0 Å². The van der Waals surface area contributed by atoms with E-state index >= 15 is 0 Å². The zero-order valence-electron chi connectivity index (χ0n) is 11.0. The van der Waals surface area contributed by atoms with E-state index < -0.39 is 15.7 Å². The third-order valence-corrected chi connectivity index (χ3v) is 4.03. The van der Waals surface area contributed by atoms with Crippen LogP contribution < -0.4 is 5.73 Å². The van der Waals surface area contributed by atoms with Gasteiger partial charge in [0.25, 0.3) is 5.91 Å². The summed E-state index contributed by atoms with van der Waals surface area (Å²) in [6.45, 7) is 0. The van der Waals surface area contributed by atoms with Gasteiger partial charge in [-0.05, 0) is 18.2 Å². The molecule has 0 saturated carbocycles. The van der Waals surface area contributed by atoms with Crippen LogP contribution in [0.15, 0.2) is 29.2 Å². The molecule has 2 aromatic rings. The molecule has 0 atom stereocenters. The van der Waals surface area contributed by atoms with Crippen LogP contribution in [0.25, 0.3) is 10.9 Å². The van der Waals surface area contributed by atoms with E-state index in [4.69, 9.17) is 11.1 Å². The number of nitrogens with one attached hydrogen (secondary N) is 2. The highest BCUT2D eigenvalue weighted by Gasteiger charge is 2.17. The number of fused-ring (bicyclic) bond motifs is 1. The number of hydrogen-bond donors (Lipinski definition) is 3. The minimum absolute atomic E-state index is 0.172. The normalized spacial score (nSPS) is 11.5. The Kier molecular flexibility index (Phi) is 3.26. The number of aromatic amines is 1. The fourth-order valence-corrected chi connectivity index (χ4v) is 2.39. The fourth-order valence-electron chi connectivity index (χ4n) is 1.74. The van der Waals surface area contributed by atoms with Gasteiger partial charge in [0.15, 0.2) is 15.8 Å². The van der Waals surface area contributed by atoms with Crippen LogP contribution in [-0.2, 0) is 9.84 Å². The molecule has 20 heavy (non-hydrogen) atoms. The highest BCUT2D eigenvalue weighted by atomic mass is 32.2. The summed E-state index contributed by atoms with van der Waals surface area (Å²) < 4.78 is 23.0. The van der Waals surface area contributed by atoms with Crippen molar-refractivity contribution in [2.75, 3.05) is 13.3 Å². The molecule has 0 spiro atoms. The third-order valence-electron chi connectivity index (χ3n) is 2.92. The molecule has 0 aliphatic carbocycles. The number of hydrogen-bond acceptors (Lipinski definition) is 4. The lowest BCUT2D eigenvalue weighted by atomic mass is 10.2. The van der Waals surface area contributed by atoms with Crippen LogP contribution in [0.3, 0.4) is 0 Å². The van der Waals surface area contributed by atoms with Crippen LogP contribution in [-0.4, -0.2) is 43.5 Å². The van der Waals surface area contributed by atoms with Gasteiger partial charge in [-0.3, -0.25) is 15.1 Å². The van der Waals surface area contributed by atoms with Crippen molar-refractivity contribution in [3.63, 3.8) is 0 Å². The first-order valence-electron chi connectivity index (χ1n) is 5.65. The fraction of sp³-hybridized carbons (Fsp3) is 0.167. The van der Waals surface area contributed by atoms with E-state index in [1.165, 1.54) is 19.2 Å². The number of amides is 1. The number of nitrogens with zero attached hydrogens (tertiary/aromatic N) is 1. The van der Waals surface area contributed by atoms with Crippen LogP contribution >= 0.6 is 0 Å². The summed E-state index contributed by atoms with van der Waals surface area (Å²) in [5.41, 5.74) is 6.02. The van der Waals surface area contributed by atoms with Crippen LogP contribution in [0, 0.1) is 5.41 Å². The zero-order chi connectivity index (χ0) is 15.1. The lowest BCUT2D eigenvalue weighted by molar-refractivity contribution is 0.0864. The second-order valence-corrected chi connectivity index (χ2v) is 6.47. The summed E-state index contributed by atoms with van der Waals surface area (Å²) in [7, 11) is -1.92. The number of carbonyl (C=O) groups excluding carboxylic acids is 1. The average Bonchev–Trinajstić information content (AvgIpc) is 2.78. The topological polar surface area (TPSA) is 120 Å². The van der Waals surface area contributed by atoms with Gasteiger partial charge < -0.3 is 10.7 Å². The Morgan fingerprint density at radius 3 is 2.55 bits per heavy atom. The van der Waals surface area contributed by atoms with E-state index in [2.05, 4.69) is 4.98 Å². The Bertz CT molecular complexity index is 807. The summed E-state index contributed by atoms with van der Waals surface area (Å²) in [6, 6.07) is 6.15. The van der Waals surface area contributed by atoms with E-state index in [1.54, 1.807) is 12.1 Å². The molecule has 1 aromatic heterocycles. The van der Waals surface area contributed by atoms with Crippen molar-refractivity contribution in [3.8, 4) is 0 Å². The molecule has 0 saturated heterocycles. The van der Waals surface area contributed by atoms with Crippen molar-refractivity contribution >= 4 is 32.6 Å². The summed E-state index contributed by atoms with van der Waals surface area (Å²) in [4.78, 5) is 16.0. The third kappa shape index (κ3) is 2.50. The molecule has 8 heteroatoms. The zero-order valence-corrected chi connectivity index (χ0v) is 11.8.